The van der Waals surface area contributed by atoms with Crippen molar-refractivity contribution >= 4 is 5.91 Å². The molecule has 2 aromatic carbocycles. The van der Waals surface area contributed by atoms with Gasteiger partial charge in [-0.1, -0.05) is 24.3 Å². The van der Waals surface area contributed by atoms with Crippen molar-refractivity contribution in [2.24, 2.45) is 0 Å². The van der Waals surface area contributed by atoms with Crippen molar-refractivity contribution in [1.29, 1.82) is 0 Å². The fourth-order valence-corrected chi connectivity index (χ4v) is 3.98. The summed E-state index contributed by atoms with van der Waals surface area (Å²) in [6.07, 6.45) is 4.11. The van der Waals surface area contributed by atoms with Crippen LogP contribution in [0.15, 0.2) is 48.5 Å². The second kappa shape index (κ2) is 10.3. The second-order valence-corrected chi connectivity index (χ2v) is 7.71. The molecule has 0 bridgehead atoms. The summed E-state index contributed by atoms with van der Waals surface area (Å²) in [7, 11) is 5.38. The number of carbonyl (C=O) groups excluding carboxylic acids is 1. The predicted molar refractivity (Wildman–Crippen MR) is 115 cm³/mol. The number of hydrogen-bond acceptors (Lipinski definition) is 4. The highest BCUT2D eigenvalue weighted by Gasteiger charge is 2.30. The SMILES string of the molecule is COc1ccc(CCCN(C)CC(=O)N2CCCC2c2ccc(OC)cc2)cc1. The molecule has 1 unspecified atom stereocenters. The summed E-state index contributed by atoms with van der Waals surface area (Å²) in [6, 6.07) is 16.5. The van der Waals surface area contributed by atoms with Crippen molar-refractivity contribution in [3.05, 3.63) is 59.7 Å². The zero-order chi connectivity index (χ0) is 20.6. The Labute approximate surface area is 174 Å². The van der Waals surface area contributed by atoms with Crippen LogP contribution >= 0.6 is 0 Å². The monoisotopic (exact) mass is 396 g/mol. The Morgan fingerprint density at radius 2 is 1.66 bits per heavy atom. The summed E-state index contributed by atoms with van der Waals surface area (Å²) in [4.78, 5) is 17.1. The number of aryl methyl sites for hydroxylation is 1. The molecule has 0 aromatic heterocycles. The number of likely N-dealkylation sites (tertiary alicyclic amines) is 1. The zero-order valence-corrected chi connectivity index (χ0v) is 17.8. The van der Waals surface area contributed by atoms with Gasteiger partial charge < -0.3 is 14.4 Å². The largest absolute Gasteiger partial charge is 0.497 e. The van der Waals surface area contributed by atoms with Gasteiger partial charge in [-0.15, -0.1) is 0 Å². The van der Waals surface area contributed by atoms with Crippen LogP contribution < -0.4 is 9.47 Å². The van der Waals surface area contributed by atoms with Crippen LogP contribution in [0.1, 0.15) is 36.4 Å². The van der Waals surface area contributed by atoms with Gasteiger partial charge in [-0.3, -0.25) is 9.69 Å². The van der Waals surface area contributed by atoms with Gasteiger partial charge in [-0.2, -0.15) is 0 Å². The molecule has 3 rings (SSSR count). The average molecular weight is 397 g/mol. The van der Waals surface area contributed by atoms with Crippen molar-refractivity contribution in [1.82, 2.24) is 9.80 Å². The number of ether oxygens (including phenoxy) is 2. The highest BCUT2D eigenvalue weighted by atomic mass is 16.5. The normalized spacial score (nSPS) is 16.3. The van der Waals surface area contributed by atoms with Crippen LogP contribution in [0, 0.1) is 0 Å². The number of benzene rings is 2. The first-order chi connectivity index (χ1) is 14.1. The van der Waals surface area contributed by atoms with Crippen molar-refractivity contribution in [2.45, 2.75) is 31.7 Å². The van der Waals surface area contributed by atoms with Crippen LogP contribution in [0.3, 0.4) is 0 Å². The molecule has 0 saturated carbocycles. The Bertz CT molecular complexity index is 774. The summed E-state index contributed by atoms with van der Waals surface area (Å²) >= 11 is 0. The summed E-state index contributed by atoms with van der Waals surface area (Å²) in [5.74, 6) is 1.95. The second-order valence-electron chi connectivity index (χ2n) is 7.71. The summed E-state index contributed by atoms with van der Waals surface area (Å²) in [5.41, 5.74) is 2.49. The molecular formula is C24H32N2O3. The number of hydrogen-bond donors (Lipinski definition) is 0. The van der Waals surface area contributed by atoms with Gasteiger partial charge in [0.05, 0.1) is 26.8 Å². The topological polar surface area (TPSA) is 42.0 Å². The lowest BCUT2D eigenvalue weighted by molar-refractivity contribution is -0.133. The van der Waals surface area contributed by atoms with E-state index in [1.807, 2.05) is 36.2 Å². The minimum absolute atomic E-state index is 0.182. The van der Waals surface area contributed by atoms with E-state index in [0.29, 0.717) is 6.54 Å². The van der Waals surface area contributed by atoms with Crippen LogP contribution in [-0.4, -0.2) is 56.6 Å². The molecule has 0 spiro atoms. The maximum Gasteiger partial charge on any atom is 0.237 e. The van der Waals surface area contributed by atoms with E-state index in [1.54, 1.807) is 14.2 Å². The number of amides is 1. The van der Waals surface area contributed by atoms with E-state index in [4.69, 9.17) is 9.47 Å². The van der Waals surface area contributed by atoms with Crippen molar-refractivity contribution in [3.8, 4) is 11.5 Å². The molecule has 1 atom stereocenters. The lowest BCUT2D eigenvalue weighted by atomic mass is 10.0. The van der Waals surface area contributed by atoms with Gasteiger partial charge in [0, 0.05) is 6.54 Å². The molecule has 29 heavy (non-hydrogen) atoms. The lowest BCUT2D eigenvalue weighted by Gasteiger charge is -2.27. The first-order valence-electron chi connectivity index (χ1n) is 10.4. The first kappa shape index (κ1) is 21.2. The maximum atomic E-state index is 12.9. The quantitative estimate of drug-likeness (QED) is 0.644. The standard InChI is InChI=1S/C24H32N2O3/c1-25(16-4-6-19-8-12-21(28-2)13-9-19)18-24(27)26-17-5-7-23(26)20-10-14-22(29-3)15-11-20/h8-15,23H,4-7,16-18H2,1-3H3. The van der Waals surface area contributed by atoms with E-state index in [0.717, 1.165) is 50.3 Å². The van der Waals surface area contributed by atoms with Gasteiger partial charge in [0.2, 0.25) is 5.91 Å². The molecule has 1 aliphatic rings. The Balaban J connectivity index is 1.47. The maximum absolute atomic E-state index is 12.9. The van der Waals surface area contributed by atoms with Gasteiger partial charge >= 0.3 is 0 Å². The third-order valence-corrected chi connectivity index (χ3v) is 5.64. The van der Waals surface area contributed by atoms with Gasteiger partial charge in [0.25, 0.3) is 0 Å². The zero-order valence-electron chi connectivity index (χ0n) is 17.8. The van der Waals surface area contributed by atoms with E-state index < -0.39 is 0 Å². The number of carbonyl (C=O) groups is 1. The first-order valence-corrected chi connectivity index (χ1v) is 10.4. The molecule has 5 nitrogen and oxygen atoms in total. The lowest BCUT2D eigenvalue weighted by Crippen LogP contribution is -2.39. The van der Waals surface area contributed by atoms with Crippen molar-refractivity contribution in [2.75, 3.05) is 40.9 Å². The van der Waals surface area contributed by atoms with Crippen LogP contribution in [0.4, 0.5) is 0 Å². The summed E-state index contributed by atoms with van der Waals surface area (Å²) in [6.45, 7) is 2.21. The molecule has 156 valence electrons. The molecule has 1 saturated heterocycles. The van der Waals surface area contributed by atoms with Crippen LogP contribution in [0.5, 0.6) is 11.5 Å². The van der Waals surface area contributed by atoms with Crippen LogP contribution in [0.25, 0.3) is 0 Å². The Morgan fingerprint density at radius 3 is 2.28 bits per heavy atom. The Morgan fingerprint density at radius 1 is 1.03 bits per heavy atom. The molecule has 0 radical (unpaired) electrons. The smallest absolute Gasteiger partial charge is 0.237 e. The fourth-order valence-electron chi connectivity index (χ4n) is 3.98. The highest BCUT2D eigenvalue weighted by Crippen LogP contribution is 2.32. The molecule has 0 N–H and O–H groups in total. The van der Waals surface area contributed by atoms with Crippen molar-refractivity contribution < 1.29 is 14.3 Å². The molecular weight excluding hydrogens is 364 g/mol. The van der Waals surface area contributed by atoms with Gasteiger partial charge in [0.1, 0.15) is 11.5 Å². The Kier molecular flexibility index (Phi) is 7.53. The van der Waals surface area contributed by atoms with Gasteiger partial charge in [-0.25, -0.2) is 0 Å². The Hall–Kier alpha value is -2.53. The summed E-state index contributed by atoms with van der Waals surface area (Å²) < 4.78 is 10.4. The molecule has 2 aromatic rings. The number of likely N-dealkylation sites (N-methyl/N-ethyl adjacent to an activating group) is 1. The molecule has 1 fully saturated rings. The van der Waals surface area contributed by atoms with E-state index in [2.05, 4.69) is 29.2 Å². The number of rotatable bonds is 9. The van der Waals surface area contributed by atoms with E-state index in [-0.39, 0.29) is 11.9 Å². The molecule has 0 aliphatic carbocycles. The minimum atomic E-state index is 0.182. The molecule has 1 heterocycles. The van der Waals surface area contributed by atoms with E-state index >= 15 is 0 Å². The highest BCUT2D eigenvalue weighted by molar-refractivity contribution is 5.79. The fraction of sp³-hybridized carbons (Fsp3) is 0.458. The van der Waals surface area contributed by atoms with Gasteiger partial charge in [0.15, 0.2) is 0 Å². The molecule has 5 heteroatoms. The van der Waals surface area contributed by atoms with Crippen LogP contribution in [0.2, 0.25) is 0 Å². The van der Waals surface area contributed by atoms with E-state index in [9.17, 15) is 4.79 Å². The number of nitrogens with zero attached hydrogens (tertiary/aromatic N) is 2. The average Bonchev–Trinajstić information content (AvgIpc) is 3.24. The predicted octanol–water partition coefficient (Wildman–Crippen LogP) is 3.93. The molecule has 1 amide bonds. The van der Waals surface area contributed by atoms with Gasteiger partial charge in [-0.05, 0) is 74.7 Å². The molecule has 1 aliphatic heterocycles. The van der Waals surface area contributed by atoms with E-state index in [1.165, 1.54) is 11.1 Å². The third kappa shape index (κ3) is 5.73. The van der Waals surface area contributed by atoms with Crippen LogP contribution in [-0.2, 0) is 11.2 Å². The summed E-state index contributed by atoms with van der Waals surface area (Å²) in [5, 5.41) is 0. The number of methoxy groups -OCH3 is 2. The van der Waals surface area contributed by atoms with Crippen molar-refractivity contribution in [3.63, 3.8) is 0 Å². The minimum Gasteiger partial charge on any atom is -0.497 e. The third-order valence-electron chi connectivity index (χ3n) is 5.64.